The number of nitrogens with zero attached hydrogens (tertiary/aromatic N) is 1. The van der Waals surface area contributed by atoms with Gasteiger partial charge in [0.25, 0.3) is 5.91 Å². The van der Waals surface area contributed by atoms with Crippen LogP contribution in [0.4, 0.5) is 0 Å². The van der Waals surface area contributed by atoms with Gasteiger partial charge in [-0.05, 0) is 48.9 Å². The van der Waals surface area contributed by atoms with Gasteiger partial charge in [0.1, 0.15) is 29.6 Å². The van der Waals surface area contributed by atoms with Crippen LogP contribution in [0.1, 0.15) is 18.1 Å². The lowest BCUT2D eigenvalue weighted by Gasteiger charge is -2.13. The van der Waals surface area contributed by atoms with Crippen LogP contribution in [0.25, 0.3) is 0 Å². The van der Waals surface area contributed by atoms with E-state index in [1.807, 2.05) is 30.3 Å². The fourth-order valence-electron chi connectivity index (χ4n) is 2.51. The zero-order valence-corrected chi connectivity index (χ0v) is 16.4. The largest absolute Gasteiger partial charge is 0.508 e. The molecule has 1 amide bonds. The van der Waals surface area contributed by atoms with Gasteiger partial charge in [-0.15, -0.1) is 0 Å². The Morgan fingerprint density at radius 3 is 2.43 bits per heavy atom. The molecule has 1 atom stereocenters. The summed E-state index contributed by atoms with van der Waals surface area (Å²) in [6, 6.07) is 20.9. The highest BCUT2D eigenvalue weighted by Crippen LogP contribution is 2.21. The van der Waals surface area contributed by atoms with Crippen molar-refractivity contribution in [2.45, 2.75) is 19.6 Å². The molecule has 0 heterocycles. The first kappa shape index (κ1) is 20.7. The monoisotopic (exact) mass is 406 g/mol. The van der Waals surface area contributed by atoms with Gasteiger partial charge in [0.05, 0.1) is 6.21 Å². The third-order valence-corrected chi connectivity index (χ3v) is 4.15. The quantitative estimate of drug-likeness (QED) is 0.392. The van der Waals surface area contributed by atoms with E-state index in [2.05, 4.69) is 10.5 Å². The summed E-state index contributed by atoms with van der Waals surface area (Å²) in [5.74, 6) is 0.555. The van der Waals surface area contributed by atoms with Crippen LogP contribution >= 0.6 is 0 Å². The summed E-state index contributed by atoms with van der Waals surface area (Å²) in [5, 5.41) is 22.7. The van der Waals surface area contributed by atoms with E-state index in [9.17, 15) is 15.0 Å². The molecule has 3 rings (SSSR count). The van der Waals surface area contributed by atoms with Gasteiger partial charge >= 0.3 is 0 Å². The molecule has 0 aromatic heterocycles. The Labute approximate surface area is 174 Å². The Morgan fingerprint density at radius 1 is 1.03 bits per heavy atom. The van der Waals surface area contributed by atoms with Gasteiger partial charge in [0.15, 0.2) is 6.10 Å². The highest BCUT2D eigenvalue weighted by atomic mass is 16.5. The molecule has 0 aliphatic heterocycles. The van der Waals surface area contributed by atoms with Crippen LogP contribution in [0, 0.1) is 0 Å². The Bertz CT molecular complexity index is 1000. The lowest BCUT2D eigenvalue weighted by atomic mass is 10.2. The van der Waals surface area contributed by atoms with Gasteiger partial charge in [0, 0.05) is 11.6 Å². The predicted molar refractivity (Wildman–Crippen MR) is 113 cm³/mol. The molecule has 7 nitrogen and oxygen atoms in total. The summed E-state index contributed by atoms with van der Waals surface area (Å²) in [6.45, 7) is 2.07. The molecular weight excluding hydrogens is 384 g/mol. The average Bonchev–Trinajstić information content (AvgIpc) is 2.75. The van der Waals surface area contributed by atoms with Crippen LogP contribution < -0.4 is 14.9 Å². The molecule has 0 saturated heterocycles. The van der Waals surface area contributed by atoms with Crippen molar-refractivity contribution in [1.82, 2.24) is 5.43 Å². The summed E-state index contributed by atoms with van der Waals surface area (Å²) >= 11 is 0. The van der Waals surface area contributed by atoms with E-state index < -0.39 is 12.0 Å². The molecule has 7 heteroatoms. The summed E-state index contributed by atoms with van der Waals surface area (Å²) in [6.07, 6.45) is 0.491. The van der Waals surface area contributed by atoms with E-state index in [-0.39, 0.29) is 11.5 Å². The van der Waals surface area contributed by atoms with Crippen molar-refractivity contribution >= 4 is 12.1 Å². The summed E-state index contributed by atoms with van der Waals surface area (Å²) in [5.41, 5.74) is 3.78. The first-order valence-corrected chi connectivity index (χ1v) is 9.29. The topological polar surface area (TPSA) is 100 Å². The molecule has 0 unspecified atom stereocenters. The molecule has 0 bridgehead atoms. The highest BCUT2D eigenvalue weighted by molar-refractivity contribution is 5.86. The number of hydrogen-bond acceptors (Lipinski definition) is 6. The average molecular weight is 406 g/mol. The first-order valence-electron chi connectivity index (χ1n) is 9.29. The van der Waals surface area contributed by atoms with Crippen LogP contribution in [-0.2, 0) is 11.4 Å². The fraction of sp³-hybridized carbons (Fsp3) is 0.130. The second-order valence-corrected chi connectivity index (χ2v) is 6.48. The van der Waals surface area contributed by atoms with Crippen molar-refractivity contribution in [3.05, 3.63) is 83.9 Å². The molecule has 0 aliphatic rings. The molecule has 3 N–H and O–H groups in total. The number of hydrazone groups is 1. The van der Waals surface area contributed by atoms with E-state index in [1.54, 1.807) is 31.2 Å². The van der Waals surface area contributed by atoms with Crippen molar-refractivity contribution in [2.24, 2.45) is 5.10 Å². The van der Waals surface area contributed by atoms with Gasteiger partial charge in [-0.25, -0.2) is 5.43 Å². The van der Waals surface area contributed by atoms with Crippen LogP contribution in [0.2, 0.25) is 0 Å². The van der Waals surface area contributed by atoms with Gasteiger partial charge in [-0.2, -0.15) is 5.10 Å². The number of ether oxygens (including phenoxy) is 2. The molecular formula is C23H22N2O5. The molecule has 0 aliphatic carbocycles. The third kappa shape index (κ3) is 6.00. The standard InChI is InChI=1S/C23H22N2O5/c1-16(23(28)25-24-14-18-7-8-19(26)13-22(18)27)30-21-11-9-20(10-12-21)29-15-17-5-3-2-4-6-17/h2-14,16,26-27H,15H2,1H3,(H,25,28)/b24-14-/t16-/m1/s1. The molecule has 0 spiro atoms. The Kier molecular flexibility index (Phi) is 6.89. The van der Waals surface area contributed by atoms with Crippen LogP contribution in [0.15, 0.2) is 77.9 Å². The minimum atomic E-state index is -0.786. The Morgan fingerprint density at radius 2 is 1.73 bits per heavy atom. The van der Waals surface area contributed by atoms with Gasteiger partial charge in [0.2, 0.25) is 0 Å². The summed E-state index contributed by atoms with van der Waals surface area (Å²) < 4.78 is 11.3. The number of benzene rings is 3. The number of carbonyl (C=O) groups excluding carboxylic acids is 1. The van der Waals surface area contributed by atoms with Crippen LogP contribution in [0.5, 0.6) is 23.0 Å². The smallest absolute Gasteiger partial charge is 0.280 e. The maximum Gasteiger partial charge on any atom is 0.280 e. The van der Waals surface area contributed by atoms with Crippen molar-refractivity contribution in [1.29, 1.82) is 0 Å². The van der Waals surface area contributed by atoms with E-state index in [4.69, 9.17) is 9.47 Å². The van der Waals surface area contributed by atoms with Crippen LogP contribution in [0.3, 0.4) is 0 Å². The van der Waals surface area contributed by atoms with E-state index in [0.29, 0.717) is 23.7 Å². The number of phenolic OH excluding ortho intramolecular Hbond substituents is 2. The van der Waals surface area contributed by atoms with Crippen molar-refractivity contribution in [3.63, 3.8) is 0 Å². The minimum Gasteiger partial charge on any atom is -0.508 e. The van der Waals surface area contributed by atoms with Gasteiger partial charge in [-0.1, -0.05) is 30.3 Å². The van der Waals surface area contributed by atoms with Crippen LogP contribution in [-0.4, -0.2) is 28.4 Å². The molecule has 30 heavy (non-hydrogen) atoms. The summed E-state index contributed by atoms with van der Waals surface area (Å²) in [7, 11) is 0. The number of phenols is 2. The zero-order chi connectivity index (χ0) is 21.3. The summed E-state index contributed by atoms with van der Waals surface area (Å²) in [4.78, 5) is 12.1. The Balaban J connectivity index is 1.48. The van der Waals surface area contributed by atoms with Gasteiger partial charge < -0.3 is 19.7 Å². The first-order chi connectivity index (χ1) is 14.5. The highest BCUT2D eigenvalue weighted by Gasteiger charge is 2.14. The minimum absolute atomic E-state index is 0.0628. The maximum absolute atomic E-state index is 12.1. The zero-order valence-electron chi connectivity index (χ0n) is 16.4. The Hall–Kier alpha value is -4.00. The second-order valence-electron chi connectivity index (χ2n) is 6.48. The number of aromatic hydroxyl groups is 2. The maximum atomic E-state index is 12.1. The third-order valence-electron chi connectivity index (χ3n) is 4.15. The fourth-order valence-corrected chi connectivity index (χ4v) is 2.51. The number of hydrogen-bond donors (Lipinski definition) is 3. The SMILES string of the molecule is C[C@@H](Oc1ccc(OCc2ccccc2)cc1)C(=O)N/N=C\c1ccc(O)cc1O. The molecule has 0 radical (unpaired) electrons. The van der Waals surface area contributed by atoms with E-state index in [0.717, 1.165) is 5.56 Å². The number of amides is 1. The van der Waals surface area contributed by atoms with Crippen molar-refractivity contribution in [3.8, 4) is 23.0 Å². The predicted octanol–water partition coefficient (Wildman–Crippen LogP) is 3.59. The number of nitrogens with one attached hydrogen (secondary N) is 1. The van der Waals surface area contributed by atoms with E-state index in [1.165, 1.54) is 24.4 Å². The van der Waals surface area contributed by atoms with Gasteiger partial charge in [-0.3, -0.25) is 4.79 Å². The molecule has 3 aromatic rings. The normalized spacial score (nSPS) is 11.8. The molecule has 154 valence electrons. The molecule has 3 aromatic carbocycles. The number of rotatable bonds is 8. The lowest BCUT2D eigenvalue weighted by molar-refractivity contribution is -0.127. The number of carbonyl (C=O) groups is 1. The van der Waals surface area contributed by atoms with E-state index >= 15 is 0 Å². The molecule has 0 saturated carbocycles. The second kappa shape index (κ2) is 9.97. The van der Waals surface area contributed by atoms with Crippen molar-refractivity contribution < 1.29 is 24.5 Å². The lowest BCUT2D eigenvalue weighted by Crippen LogP contribution is -2.33. The van der Waals surface area contributed by atoms with Crippen molar-refractivity contribution in [2.75, 3.05) is 0 Å². The molecule has 0 fully saturated rings.